The maximum absolute atomic E-state index is 2.65. The van der Waals surface area contributed by atoms with Gasteiger partial charge in [-0.05, 0) is 127 Å². The lowest BCUT2D eigenvalue weighted by molar-refractivity contribution is 0.590. The normalized spacial score (nSPS) is 15.6. The molecular formula is C62H63BN2. The van der Waals surface area contributed by atoms with Crippen LogP contribution in [-0.2, 0) is 16.2 Å². The Kier molecular flexibility index (Phi) is 9.92. The van der Waals surface area contributed by atoms with Crippen LogP contribution >= 0.6 is 0 Å². The van der Waals surface area contributed by atoms with Crippen molar-refractivity contribution in [1.82, 2.24) is 0 Å². The molecule has 0 fully saturated rings. The highest BCUT2D eigenvalue weighted by molar-refractivity contribution is 6.96. The van der Waals surface area contributed by atoms with Crippen molar-refractivity contribution in [3.8, 4) is 11.1 Å². The van der Waals surface area contributed by atoms with Crippen LogP contribution in [0.15, 0.2) is 175 Å². The van der Waals surface area contributed by atoms with E-state index in [1.807, 2.05) is 0 Å². The van der Waals surface area contributed by atoms with Gasteiger partial charge in [0.25, 0.3) is 0 Å². The van der Waals surface area contributed by atoms with Gasteiger partial charge in [-0.15, -0.1) is 0 Å². The van der Waals surface area contributed by atoms with Crippen molar-refractivity contribution in [2.24, 2.45) is 5.41 Å². The molecule has 2 heterocycles. The van der Waals surface area contributed by atoms with Gasteiger partial charge in [-0.2, -0.15) is 0 Å². The first-order chi connectivity index (χ1) is 30.8. The first-order valence-electron chi connectivity index (χ1n) is 23.6. The van der Waals surface area contributed by atoms with Gasteiger partial charge >= 0.3 is 0 Å². The molecule has 3 heteroatoms. The number of anilines is 5. The summed E-state index contributed by atoms with van der Waals surface area (Å²) in [7, 11) is 0. The fourth-order valence-corrected chi connectivity index (χ4v) is 10.9. The Balaban J connectivity index is 1.31. The first-order valence-corrected chi connectivity index (χ1v) is 23.6. The zero-order valence-corrected chi connectivity index (χ0v) is 40.6. The molecule has 324 valence electrons. The summed E-state index contributed by atoms with van der Waals surface area (Å²) < 4.78 is 0. The van der Waals surface area contributed by atoms with Gasteiger partial charge in [0.15, 0.2) is 0 Å². The van der Waals surface area contributed by atoms with E-state index in [1.54, 1.807) is 0 Å². The van der Waals surface area contributed by atoms with Crippen LogP contribution in [0.2, 0.25) is 0 Å². The Morgan fingerprint density at radius 2 is 0.877 bits per heavy atom. The molecule has 3 aliphatic rings. The molecule has 0 atom stereocenters. The monoisotopic (exact) mass is 847 g/mol. The van der Waals surface area contributed by atoms with Crippen LogP contribution in [0.4, 0.5) is 28.4 Å². The number of aryl methyl sites for hydroxylation is 1. The minimum absolute atomic E-state index is 0.00194. The molecule has 10 rings (SSSR count). The summed E-state index contributed by atoms with van der Waals surface area (Å²) in [5.41, 5.74) is 24.1. The molecule has 1 aliphatic carbocycles. The van der Waals surface area contributed by atoms with Gasteiger partial charge in [0.1, 0.15) is 0 Å². The molecule has 65 heavy (non-hydrogen) atoms. The van der Waals surface area contributed by atoms with Crippen molar-refractivity contribution in [2.45, 2.75) is 99.3 Å². The number of benzene rings is 7. The molecule has 0 unspecified atom stereocenters. The SMILES string of the molecule is Cc1cc2c3c(c1)N(c1ccc(C(C)(C)C)cc1)c1ccc(C(C)(C)C)cc1B3C1=C(C(c3ccccc3)=C(c3ccc(-c4ccccc4)cc3)C1(C)C)N2c1ccc(C(C)(C)C)cc1. The number of fused-ring (bicyclic) bond motifs is 3. The van der Waals surface area contributed by atoms with Crippen molar-refractivity contribution in [3.63, 3.8) is 0 Å². The summed E-state index contributed by atoms with van der Waals surface area (Å²) in [4.78, 5) is 5.22. The Labute approximate surface area is 389 Å². The van der Waals surface area contributed by atoms with Gasteiger partial charge in [-0.25, -0.2) is 0 Å². The van der Waals surface area contributed by atoms with Crippen LogP contribution in [-0.4, -0.2) is 6.71 Å². The van der Waals surface area contributed by atoms with E-state index in [-0.39, 0.29) is 28.4 Å². The molecule has 0 N–H and O–H groups in total. The van der Waals surface area contributed by atoms with E-state index < -0.39 is 0 Å². The van der Waals surface area contributed by atoms with Crippen molar-refractivity contribution in [3.05, 3.63) is 208 Å². The molecule has 0 saturated carbocycles. The third-order valence-corrected chi connectivity index (χ3v) is 14.4. The standard InChI is InChI=1S/C62H63BN2/c1-40-37-52-56-53(38-40)65(49-34-29-46(30-35-49)60(5,6)7)57-54(43-21-17-14-18-22-43)55(44-25-23-42(24-26-44)41-19-15-13-16-20-41)62(11,12)58(57)63(56)50-39-47(61(8,9)10)31-36-51(50)64(52)48-32-27-45(28-33-48)59(2,3)4/h13-39H,1-12H3. The predicted molar refractivity (Wildman–Crippen MR) is 282 cm³/mol. The first kappa shape index (κ1) is 42.6. The van der Waals surface area contributed by atoms with Crippen molar-refractivity contribution in [1.29, 1.82) is 0 Å². The largest absolute Gasteiger partial charge is 0.311 e. The van der Waals surface area contributed by atoms with Crippen molar-refractivity contribution >= 4 is 57.2 Å². The number of hydrogen-bond acceptors (Lipinski definition) is 2. The lowest BCUT2D eigenvalue weighted by atomic mass is 9.30. The third-order valence-electron chi connectivity index (χ3n) is 14.4. The number of rotatable bonds is 5. The van der Waals surface area contributed by atoms with Gasteiger partial charge in [0.2, 0.25) is 6.71 Å². The van der Waals surface area contributed by atoms with Crippen LogP contribution in [0.3, 0.4) is 0 Å². The fourth-order valence-electron chi connectivity index (χ4n) is 10.9. The van der Waals surface area contributed by atoms with E-state index in [4.69, 9.17) is 0 Å². The minimum atomic E-state index is -0.381. The van der Waals surface area contributed by atoms with Gasteiger partial charge < -0.3 is 9.80 Å². The summed E-state index contributed by atoms with van der Waals surface area (Å²) in [5.74, 6) is 0. The summed E-state index contributed by atoms with van der Waals surface area (Å²) in [6, 6.07) is 62.5. The number of allylic oxidation sites excluding steroid dienone is 3. The lowest BCUT2D eigenvalue weighted by Gasteiger charge is -2.47. The van der Waals surface area contributed by atoms with E-state index in [0.717, 1.165) is 0 Å². The molecule has 7 aromatic rings. The molecule has 0 bridgehead atoms. The summed E-state index contributed by atoms with van der Waals surface area (Å²) in [6.45, 7) is 28.2. The molecule has 2 nitrogen and oxygen atoms in total. The van der Waals surface area contributed by atoms with Gasteiger partial charge in [0.05, 0.1) is 0 Å². The highest BCUT2D eigenvalue weighted by Crippen LogP contribution is 2.61. The molecule has 7 aromatic carbocycles. The molecule has 0 spiro atoms. The van der Waals surface area contributed by atoms with Gasteiger partial charge in [-0.1, -0.05) is 203 Å². The van der Waals surface area contributed by atoms with E-state index in [9.17, 15) is 0 Å². The second-order valence-electron chi connectivity index (χ2n) is 22.4. The Bertz CT molecular complexity index is 3020. The minimum Gasteiger partial charge on any atom is -0.311 e. The van der Waals surface area contributed by atoms with Crippen LogP contribution in [0, 0.1) is 12.3 Å². The van der Waals surface area contributed by atoms with Crippen molar-refractivity contribution in [2.75, 3.05) is 9.80 Å². The predicted octanol–water partition coefficient (Wildman–Crippen LogP) is 15.5. The second kappa shape index (κ2) is 15.1. The summed E-state index contributed by atoms with van der Waals surface area (Å²) in [5, 5.41) is 0. The molecule has 2 aliphatic heterocycles. The molecule has 0 saturated heterocycles. The zero-order valence-electron chi connectivity index (χ0n) is 40.6. The summed E-state index contributed by atoms with van der Waals surface area (Å²) in [6.07, 6.45) is 0. The van der Waals surface area contributed by atoms with Crippen LogP contribution in [0.25, 0.3) is 22.3 Å². The van der Waals surface area contributed by atoms with E-state index >= 15 is 0 Å². The van der Waals surface area contributed by atoms with Crippen LogP contribution in [0.1, 0.15) is 110 Å². The quantitative estimate of drug-likeness (QED) is 0.159. The van der Waals surface area contributed by atoms with Gasteiger partial charge in [-0.3, -0.25) is 0 Å². The second-order valence-corrected chi connectivity index (χ2v) is 22.4. The van der Waals surface area contributed by atoms with Gasteiger partial charge in [0, 0.05) is 45.1 Å². The Hall–Kier alpha value is -6.32. The average Bonchev–Trinajstić information content (AvgIpc) is 3.52. The molecule has 0 amide bonds. The highest BCUT2D eigenvalue weighted by Gasteiger charge is 2.54. The maximum atomic E-state index is 2.65. The average molecular weight is 847 g/mol. The smallest absolute Gasteiger partial charge is 0.248 e. The number of hydrogen-bond donors (Lipinski definition) is 0. The molecule has 0 radical (unpaired) electrons. The highest BCUT2D eigenvalue weighted by atomic mass is 15.2. The summed E-state index contributed by atoms with van der Waals surface area (Å²) >= 11 is 0. The zero-order chi connectivity index (χ0) is 45.8. The molecular weight excluding hydrogens is 784 g/mol. The number of nitrogens with zero attached hydrogens (tertiary/aromatic N) is 2. The van der Waals surface area contributed by atoms with E-state index in [1.165, 1.54) is 106 Å². The Morgan fingerprint density at radius 1 is 0.431 bits per heavy atom. The van der Waals surface area contributed by atoms with Crippen LogP contribution in [0.5, 0.6) is 0 Å². The Morgan fingerprint density at radius 3 is 1.40 bits per heavy atom. The van der Waals surface area contributed by atoms with Crippen LogP contribution < -0.4 is 20.7 Å². The topological polar surface area (TPSA) is 6.48 Å². The molecule has 0 aromatic heterocycles. The fraction of sp³-hybridized carbons (Fsp3) is 0.258. The van der Waals surface area contributed by atoms with Crippen molar-refractivity contribution < 1.29 is 0 Å². The maximum Gasteiger partial charge on any atom is 0.248 e. The van der Waals surface area contributed by atoms with E-state index in [0.29, 0.717) is 0 Å². The third kappa shape index (κ3) is 7.10. The lowest BCUT2D eigenvalue weighted by Crippen LogP contribution is -2.58. The van der Waals surface area contributed by atoms with E-state index in [2.05, 4.69) is 257 Å².